The molecule has 30 heavy (non-hydrogen) atoms. The number of hydrogen-bond acceptors (Lipinski definition) is 3. The van der Waals surface area contributed by atoms with Crippen LogP contribution in [0.1, 0.15) is 12.5 Å². The van der Waals surface area contributed by atoms with Gasteiger partial charge in [0.15, 0.2) is 11.6 Å². The molecule has 10 heteroatoms. The van der Waals surface area contributed by atoms with Gasteiger partial charge in [0.1, 0.15) is 5.82 Å². The maximum Gasteiger partial charge on any atom is 0.461 e. The van der Waals surface area contributed by atoms with Crippen molar-refractivity contribution in [1.29, 1.82) is 0 Å². The predicted molar refractivity (Wildman–Crippen MR) is 104 cm³/mol. The number of nitrogens with zero attached hydrogens (tertiary/aromatic N) is 3. The lowest BCUT2D eigenvalue weighted by molar-refractivity contribution is -0.254. The Bertz CT molecular complexity index is 920. The van der Waals surface area contributed by atoms with Crippen molar-refractivity contribution in [3.63, 3.8) is 0 Å². The molecule has 164 valence electrons. The standard InChI is InChI=1S/C20H21F6N3O/c1-5-28(3)11-27-16-10-15(22)17(8-12(16)2)29(4)13-6-7-14(21)18(9-13)30-20(25,26)19(23)24/h6-11,19H,5H2,1-4H3. The third kappa shape index (κ3) is 5.37. The number of halogens is 6. The third-order valence-corrected chi connectivity index (χ3v) is 4.32. The van der Waals surface area contributed by atoms with E-state index in [2.05, 4.69) is 9.73 Å². The van der Waals surface area contributed by atoms with E-state index in [9.17, 15) is 26.3 Å². The average Bonchev–Trinajstić information content (AvgIpc) is 2.68. The van der Waals surface area contributed by atoms with Crippen LogP contribution in [0.3, 0.4) is 0 Å². The van der Waals surface area contributed by atoms with Gasteiger partial charge in [-0.25, -0.2) is 13.8 Å². The van der Waals surface area contributed by atoms with E-state index in [4.69, 9.17) is 0 Å². The molecule has 0 heterocycles. The minimum Gasteiger partial charge on any atom is -0.425 e. The number of benzene rings is 2. The summed E-state index contributed by atoms with van der Waals surface area (Å²) in [7, 11) is 3.22. The molecule has 0 aliphatic rings. The molecule has 2 aromatic rings. The number of ether oxygens (including phenoxy) is 1. The SMILES string of the molecule is CCN(C)C=Nc1cc(F)c(N(C)c2ccc(F)c(OC(F)(F)C(F)F)c2)cc1C. The zero-order valence-electron chi connectivity index (χ0n) is 16.8. The third-order valence-electron chi connectivity index (χ3n) is 4.32. The molecular formula is C20H21F6N3O. The van der Waals surface area contributed by atoms with E-state index in [0.717, 1.165) is 12.1 Å². The molecule has 2 rings (SSSR count). The quantitative estimate of drug-likeness (QED) is 0.295. The molecule has 0 spiro atoms. The van der Waals surface area contributed by atoms with E-state index in [1.807, 2.05) is 14.0 Å². The number of aryl methyl sites for hydroxylation is 1. The number of hydrogen-bond donors (Lipinski definition) is 0. The van der Waals surface area contributed by atoms with E-state index in [0.29, 0.717) is 17.8 Å². The Balaban J connectivity index is 2.37. The number of alkyl halides is 4. The average molecular weight is 433 g/mol. The smallest absolute Gasteiger partial charge is 0.425 e. The van der Waals surface area contributed by atoms with E-state index in [-0.39, 0.29) is 11.4 Å². The second kappa shape index (κ2) is 9.27. The fourth-order valence-corrected chi connectivity index (χ4v) is 2.40. The largest absolute Gasteiger partial charge is 0.461 e. The van der Waals surface area contributed by atoms with Crippen molar-refractivity contribution in [3.05, 3.63) is 47.5 Å². The fraction of sp³-hybridized carbons (Fsp3) is 0.350. The zero-order chi connectivity index (χ0) is 22.6. The number of rotatable bonds is 8. The molecule has 0 amide bonds. The van der Waals surface area contributed by atoms with E-state index in [1.165, 1.54) is 30.1 Å². The van der Waals surface area contributed by atoms with Gasteiger partial charge in [0.25, 0.3) is 0 Å². The van der Waals surface area contributed by atoms with E-state index in [1.54, 1.807) is 18.2 Å². The molecule has 0 unspecified atom stereocenters. The van der Waals surface area contributed by atoms with Crippen molar-refractivity contribution in [2.45, 2.75) is 26.4 Å². The monoisotopic (exact) mass is 433 g/mol. The molecule has 2 aromatic carbocycles. The van der Waals surface area contributed by atoms with Crippen molar-refractivity contribution < 1.29 is 31.1 Å². The molecule has 0 radical (unpaired) electrons. The highest BCUT2D eigenvalue weighted by Gasteiger charge is 2.44. The van der Waals surface area contributed by atoms with Gasteiger partial charge >= 0.3 is 12.5 Å². The topological polar surface area (TPSA) is 28.1 Å². The van der Waals surface area contributed by atoms with Crippen LogP contribution in [0.2, 0.25) is 0 Å². The van der Waals surface area contributed by atoms with Gasteiger partial charge in [-0.05, 0) is 37.6 Å². The second-order valence-corrected chi connectivity index (χ2v) is 6.55. The fourth-order valence-electron chi connectivity index (χ4n) is 2.40. The highest BCUT2D eigenvalue weighted by Crippen LogP contribution is 2.36. The van der Waals surface area contributed by atoms with Gasteiger partial charge < -0.3 is 14.5 Å². The highest BCUT2D eigenvalue weighted by atomic mass is 19.3. The van der Waals surface area contributed by atoms with Crippen molar-refractivity contribution in [2.24, 2.45) is 4.99 Å². The Morgan fingerprint density at radius 1 is 1.10 bits per heavy atom. The maximum atomic E-state index is 14.7. The van der Waals surface area contributed by atoms with Crippen LogP contribution in [0, 0.1) is 18.6 Å². The summed E-state index contributed by atoms with van der Waals surface area (Å²) in [6.45, 7) is 4.35. The molecule has 4 nitrogen and oxygen atoms in total. The molecule has 0 aliphatic heterocycles. The van der Waals surface area contributed by atoms with Crippen molar-refractivity contribution in [3.8, 4) is 5.75 Å². The zero-order valence-corrected chi connectivity index (χ0v) is 16.8. The first-order valence-electron chi connectivity index (χ1n) is 8.89. The van der Waals surface area contributed by atoms with Crippen LogP contribution in [-0.4, -0.2) is 44.4 Å². The van der Waals surface area contributed by atoms with Crippen LogP contribution >= 0.6 is 0 Å². The van der Waals surface area contributed by atoms with Crippen molar-refractivity contribution in [2.75, 3.05) is 25.5 Å². The normalized spacial score (nSPS) is 12.0. The van der Waals surface area contributed by atoms with Crippen LogP contribution in [0.15, 0.2) is 35.3 Å². The van der Waals surface area contributed by atoms with Gasteiger partial charge in [-0.3, -0.25) is 0 Å². The molecular weight excluding hydrogens is 412 g/mol. The summed E-state index contributed by atoms with van der Waals surface area (Å²) in [6, 6.07) is 5.42. The molecule has 0 saturated carbocycles. The Hall–Kier alpha value is -2.91. The summed E-state index contributed by atoms with van der Waals surface area (Å²) in [5, 5.41) is 0. The summed E-state index contributed by atoms with van der Waals surface area (Å²) in [5.41, 5.74) is 1.12. The summed E-state index contributed by atoms with van der Waals surface area (Å²) >= 11 is 0. The van der Waals surface area contributed by atoms with E-state index < -0.39 is 29.9 Å². The first-order valence-corrected chi connectivity index (χ1v) is 8.89. The highest BCUT2D eigenvalue weighted by molar-refractivity contribution is 5.70. The van der Waals surface area contributed by atoms with Gasteiger partial charge in [-0.2, -0.15) is 17.6 Å². The van der Waals surface area contributed by atoms with Gasteiger partial charge in [-0.15, -0.1) is 0 Å². The summed E-state index contributed by atoms with van der Waals surface area (Å²) < 4.78 is 83.3. The van der Waals surface area contributed by atoms with Crippen LogP contribution < -0.4 is 9.64 Å². The van der Waals surface area contributed by atoms with Gasteiger partial charge in [0, 0.05) is 38.5 Å². The van der Waals surface area contributed by atoms with Crippen LogP contribution in [-0.2, 0) is 0 Å². The summed E-state index contributed by atoms with van der Waals surface area (Å²) in [5.74, 6) is -3.00. The molecule has 0 fully saturated rings. The van der Waals surface area contributed by atoms with Gasteiger partial charge in [0.2, 0.25) is 0 Å². The Morgan fingerprint density at radius 2 is 1.77 bits per heavy atom. The maximum absolute atomic E-state index is 14.7. The molecule has 0 aliphatic carbocycles. The lowest BCUT2D eigenvalue weighted by Crippen LogP contribution is -2.33. The minimum atomic E-state index is -4.87. The number of aliphatic imine (C=N–C) groups is 1. The molecule has 0 atom stereocenters. The van der Waals surface area contributed by atoms with Gasteiger partial charge in [-0.1, -0.05) is 0 Å². The second-order valence-electron chi connectivity index (χ2n) is 6.55. The van der Waals surface area contributed by atoms with Gasteiger partial charge in [0.05, 0.1) is 17.7 Å². The Kier molecular flexibility index (Phi) is 7.22. The van der Waals surface area contributed by atoms with Crippen molar-refractivity contribution in [1.82, 2.24) is 4.90 Å². The summed E-state index contributed by atoms with van der Waals surface area (Å²) in [6.07, 6.45) is -7.46. The first kappa shape index (κ1) is 23.4. The Morgan fingerprint density at radius 3 is 2.37 bits per heavy atom. The molecule has 0 bridgehead atoms. The number of anilines is 2. The van der Waals surface area contributed by atoms with Crippen LogP contribution in [0.4, 0.5) is 43.4 Å². The van der Waals surface area contributed by atoms with Crippen LogP contribution in [0.25, 0.3) is 0 Å². The molecule has 0 N–H and O–H groups in total. The molecule has 0 saturated heterocycles. The lowest BCUT2D eigenvalue weighted by Gasteiger charge is -2.23. The lowest BCUT2D eigenvalue weighted by atomic mass is 10.1. The van der Waals surface area contributed by atoms with Crippen LogP contribution in [0.5, 0.6) is 5.75 Å². The molecule has 0 aromatic heterocycles. The minimum absolute atomic E-state index is 0.0495. The first-order chi connectivity index (χ1) is 14.0. The van der Waals surface area contributed by atoms with E-state index >= 15 is 0 Å². The predicted octanol–water partition coefficient (Wildman–Crippen LogP) is 5.89. The van der Waals surface area contributed by atoms with Crippen molar-refractivity contribution >= 4 is 23.4 Å². The Labute approximate surface area is 170 Å². The summed E-state index contributed by atoms with van der Waals surface area (Å²) in [4.78, 5) is 7.26.